The quantitative estimate of drug-likeness (QED) is 0.661. The molecule has 1 saturated heterocycles. The fourth-order valence-corrected chi connectivity index (χ4v) is 8.30. The summed E-state index contributed by atoms with van der Waals surface area (Å²) in [6.07, 6.45) is 2.74. The van der Waals surface area contributed by atoms with Crippen molar-refractivity contribution >= 4 is 37.4 Å². The summed E-state index contributed by atoms with van der Waals surface area (Å²) < 4.78 is 52.8. The Morgan fingerprint density at radius 1 is 1.19 bits per heavy atom. The third-order valence-electron chi connectivity index (χ3n) is 6.07. The number of nitrogens with one attached hydrogen (secondary N) is 2. The van der Waals surface area contributed by atoms with E-state index in [1.54, 1.807) is 6.92 Å². The number of rotatable bonds is 5. The van der Waals surface area contributed by atoms with Gasteiger partial charge in [-0.2, -0.15) is 0 Å². The van der Waals surface area contributed by atoms with Crippen LogP contribution >= 0.6 is 11.6 Å². The van der Waals surface area contributed by atoms with Crippen molar-refractivity contribution < 1.29 is 21.6 Å². The van der Waals surface area contributed by atoms with Crippen molar-refractivity contribution in [1.29, 1.82) is 0 Å². The van der Waals surface area contributed by atoms with Crippen LogP contribution in [0, 0.1) is 0 Å². The fourth-order valence-electron chi connectivity index (χ4n) is 4.43. The minimum atomic E-state index is -4.01. The zero-order valence-corrected chi connectivity index (χ0v) is 20.0. The molecule has 2 aromatic rings. The van der Waals surface area contributed by atoms with Crippen molar-refractivity contribution in [2.24, 2.45) is 0 Å². The molecular formula is C22H25ClN2O5S2. The number of fused-ring (bicyclic) bond motifs is 1. The Hall–Kier alpha value is -1.94. The Kier molecular flexibility index (Phi) is 6.13. The minimum absolute atomic E-state index is 0.00722. The van der Waals surface area contributed by atoms with Gasteiger partial charge in [-0.1, -0.05) is 35.9 Å². The van der Waals surface area contributed by atoms with Crippen molar-refractivity contribution in [2.75, 3.05) is 11.5 Å². The number of carbonyl (C=O) groups is 1. The molecule has 172 valence electrons. The Labute approximate surface area is 193 Å². The third kappa shape index (κ3) is 4.85. The molecule has 2 aromatic carbocycles. The van der Waals surface area contributed by atoms with Crippen LogP contribution in [0.5, 0.6) is 0 Å². The maximum Gasteiger partial charge on any atom is 0.251 e. The Morgan fingerprint density at radius 3 is 2.66 bits per heavy atom. The van der Waals surface area contributed by atoms with Crippen molar-refractivity contribution in [3.05, 3.63) is 64.2 Å². The Balaban J connectivity index is 1.58. The molecule has 1 heterocycles. The lowest BCUT2D eigenvalue weighted by Crippen LogP contribution is -2.47. The highest BCUT2D eigenvalue weighted by molar-refractivity contribution is 7.91. The summed E-state index contributed by atoms with van der Waals surface area (Å²) in [5.41, 5.74) is 1.27. The van der Waals surface area contributed by atoms with Crippen LogP contribution in [-0.4, -0.2) is 39.8 Å². The van der Waals surface area contributed by atoms with Gasteiger partial charge in [0, 0.05) is 11.6 Å². The molecular weight excluding hydrogens is 472 g/mol. The van der Waals surface area contributed by atoms with Crippen molar-refractivity contribution in [3.63, 3.8) is 0 Å². The van der Waals surface area contributed by atoms with Crippen LogP contribution in [0.25, 0.3) is 0 Å². The van der Waals surface area contributed by atoms with E-state index < -0.39 is 31.3 Å². The fraction of sp³-hybridized carbons (Fsp3) is 0.409. The lowest BCUT2D eigenvalue weighted by atomic mass is 9.88. The van der Waals surface area contributed by atoms with E-state index in [1.807, 2.05) is 24.3 Å². The van der Waals surface area contributed by atoms with Gasteiger partial charge in [-0.05, 0) is 61.9 Å². The number of amides is 1. The normalized spacial score (nSPS) is 24.6. The predicted octanol–water partition coefficient (Wildman–Crippen LogP) is 3.00. The standard InChI is InChI=1S/C22H25ClN2O5S2/c1-22(11-12-31(27,28)14-22)24-21(26)16-9-10-18(23)20(13-16)32(29,30)25-19-8-4-6-15-5-2-3-7-17(15)19/h2-3,5,7,9-10,13,19,25H,4,6,8,11-12,14H2,1H3,(H,24,26)/t19-,22+/m0/s1. The SMILES string of the molecule is C[C@@]1(NC(=O)c2ccc(Cl)c(S(=O)(=O)N[C@H]3CCCc4ccccc43)c2)CCS(=O)(=O)C1. The summed E-state index contributed by atoms with van der Waals surface area (Å²) in [4.78, 5) is 12.6. The average molecular weight is 497 g/mol. The molecule has 1 aliphatic heterocycles. The van der Waals surface area contributed by atoms with Gasteiger partial charge in [0.25, 0.3) is 5.91 Å². The summed E-state index contributed by atoms with van der Waals surface area (Å²) in [6, 6.07) is 11.4. The molecule has 1 fully saturated rings. The Bertz CT molecular complexity index is 1280. The molecule has 4 rings (SSSR count). The first-order valence-corrected chi connectivity index (χ1v) is 14.1. The molecule has 0 bridgehead atoms. The van der Waals surface area contributed by atoms with E-state index in [2.05, 4.69) is 10.0 Å². The zero-order valence-electron chi connectivity index (χ0n) is 17.6. The largest absolute Gasteiger partial charge is 0.346 e. The zero-order chi connectivity index (χ0) is 23.1. The summed E-state index contributed by atoms with van der Waals surface area (Å²) in [5.74, 6) is -0.676. The molecule has 1 aliphatic carbocycles. The van der Waals surface area contributed by atoms with E-state index in [1.165, 1.54) is 18.2 Å². The first kappa shape index (κ1) is 23.2. The topological polar surface area (TPSA) is 109 Å². The molecule has 2 aliphatic rings. The highest BCUT2D eigenvalue weighted by atomic mass is 35.5. The van der Waals surface area contributed by atoms with Gasteiger partial charge >= 0.3 is 0 Å². The smallest absolute Gasteiger partial charge is 0.251 e. The second kappa shape index (κ2) is 8.44. The molecule has 0 radical (unpaired) electrons. The molecule has 2 N–H and O–H groups in total. The maximum atomic E-state index is 13.2. The van der Waals surface area contributed by atoms with Crippen LogP contribution in [0.1, 0.15) is 53.7 Å². The predicted molar refractivity (Wildman–Crippen MR) is 123 cm³/mol. The summed E-state index contributed by atoms with van der Waals surface area (Å²) >= 11 is 6.21. The van der Waals surface area contributed by atoms with Crippen molar-refractivity contribution in [1.82, 2.24) is 10.0 Å². The molecule has 7 nitrogen and oxygen atoms in total. The molecule has 2 atom stereocenters. The van der Waals surface area contributed by atoms with E-state index >= 15 is 0 Å². The molecule has 1 amide bonds. The molecule has 32 heavy (non-hydrogen) atoms. The third-order valence-corrected chi connectivity index (χ3v) is 9.92. The van der Waals surface area contributed by atoms with Crippen LogP contribution in [0.2, 0.25) is 5.02 Å². The van der Waals surface area contributed by atoms with Crippen LogP contribution < -0.4 is 10.0 Å². The molecule has 0 aromatic heterocycles. The maximum absolute atomic E-state index is 13.2. The number of carbonyl (C=O) groups excluding carboxylic acids is 1. The van der Waals surface area contributed by atoms with Gasteiger partial charge in [-0.25, -0.2) is 21.6 Å². The van der Waals surface area contributed by atoms with Crippen molar-refractivity contribution in [2.45, 2.75) is 49.1 Å². The van der Waals surface area contributed by atoms with Gasteiger partial charge in [0.15, 0.2) is 9.84 Å². The van der Waals surface area contributed by atoms with Crippen LogP contribution in [0.3, 0.4) is 0 Å². The van der Waals surface area contributed by atoms with E-state index in [4.69, 9.17) is 11.6 Å². The van der Waals surface area contributed by atoms with Gasteiger partial charge in [-0.15, -0.1) is 0 Å². The van der Waals surface area contributed by atoms with Gasteiger partial charge in [0.1, 0.15) is 4.90 Å². The number of halogens is 1. The summed E-state index contributed by atoms with van der Waals surface area (Å²) in [5, 5.41) is 2.75. The second-order valence-electron chi connectivity index (χ2n) is 8.77. The number of benzene rings is 2. The molecule has 0 saturated carbocycles. The van der Waals surface area contributed by atoms with Crippen LogP contribution in [-0.2, 0) is 26.3 Å². The number of sulfonamides is 1. The van der Waals surface area contributed by atoms with Gasteiger partial charge in [0.05, 0.1) is 22.1 Å². The summed E-state index contributed by atoms with van der Waals surface area (Å²) in [7, 11) is -7.21. The average Bonchev–Trinajstić information content (AvgIpc) is 3.00. The van der Waals surface area contributed by atoms with E-state index in [0.717, 1.165) is 24.0 Å². The first-order chi connectivity index (χ1) is 15.0. The number of sulfone groups is 1. The molecule has 10 heteroatoms. The van der Waals surface area contributed by atoms with E-state index in [-0.39, 0.29) is 33.0 Å². The Morgan fingerprint density at radius 2 is 1.94 bits per heavy atom. The van der Waals surface area contributed by atoms with Gasteiger partial charge in [-0.3, -0.25) is 4.79 Å². The van der Waals surface area contributed by atoms with E-state index in [9.17, 15) is 21.6 Å². The second-order valence-corrected chi connectivity index (χ2v) is 13.0. The van der Waals surface area contributed by atoms with E-state index in [0.29, 0.717) is 12.8 Å². The molecule has 0 spiro atoms. The van der Waals surface area contributed by atoms with Crippen LogP contribution in [0.15, 0.2) is 47.4 Å². The number of hydrogen-bond donors (Lipinski definition) is 2. The lowest BCUT2D eigenvalue weighted by Gasteiger charge is -2.26. The number of aryl methyl sites for hydroxylation is 1. The highest BCUT2D eigenvalue weighted by Crippen LogP contribution is 2.32. The first-order valence-electron chi connectivity index (χ1n) is 10.4. The van der Waals surface area contributed by atoms with Gasteiger partial charge < -0.3 is 5.32 Å². The minimum Gasteiger partial charge on any atom is -0.346 e. The lowest BCUT2D eigenvalue weighted by molar-refractivity contribution is 0.0915. The number of hydrogen-bond acceptors (Lipinski definition) is 5. The van der Waals surface area contributed by atoms with Crippen LogP contribution in [0.4, 0.5) is 0 Å². The summed E-state index contributed by atoms with van der Waals surface area (Å²) in [6.45, 7) is 1.67. The molecule has 0 unspecified atom stereocenters. The van der Waals surface area contributed by atoms with Gasteiger partial charge in [0.2, 0.25) is 10.0 Å². The monoisotopic (exact) mass is 496 g/mol. The highest BCUT2D eigenvalue weighted by Gasteiger charge is 2.39. The van der Waals surface area contributed by atoms with Crippen molar-refractivity contribution in [3.8, 4) is 0 Å².